The maximum absolute atomic E-state index is 6.27. The Hall–Kier alpha value is 0.690. The van der Waals surface area contributed by atoms with Gasteiger partial charge in [0.05, 0.1) is 12.2 Å². The number of ether oxygens (including phenoxy) is 1. The minimum Gasteiger partial charge on any atom is -0.374 e. The lowest BCUT2D eigenvalue weighted by Crippen LogP contribution is -2.33. The van der Waals surface area contributed by atoms with Crippen LogP contribution < -0.4 is 0 Å². The van der Waals surface area contributed by atoms with E-state index in [1.54, 1.807) is 0 Å². The van der Waals surface area contributed by atoms with Crippen molar-refractivity contribution in [2.24, 2.45) is 5.92 Å². The van der Waals surface area contributed by atoms with Gasteiger partial charge in [0.25, 0.3) is 0 Å². The van der Waals surface area contributed by atoms with Crippen LogP contribution in [0.4, 0.5) is 0 Å². The molecule has 1 nitrogen and oxygen atoms in total. The van der Waals surface area contributed by atoms with Gasteiger partial charge in [0.2, 0.25) is 0 Å². The van der Waals surface area contributed by atoms with Gasteiger partial charge < -0.3 is 4.74 Å². The summed E-state index contributed by atoms with van der Waals surface area (Å²) >= 11 is 2.51. The van der Waals surface area contributed by atoms with Crippen LogP contribution >= 0.6 is 22.6 Å². The van der Waals surface area contributed by atoms with Crippen LogP contribution in [0.25, 0.3) is 0 Å². The molecule has 0 aromatic heterocycles. The maximum atomic E-state index is 6.27. The zero-order valence-electron chi connectivity index (χ0n) is 9.64. The minimum atomic E-state index is 0.276. The Morgan fingerprint density at radius 3 is 2.27 bits per heavy atom. The van der Waals surface area contributed by atoms with Crippen molar-refractivity contribution in [1.82, 2.24) is 0 Å². The van der Waals surface area contributed by atoms with Crippen LogP contribution in [-0.4, -0.2) is 16.6 Å². The van der Waals surface area contributed by atoms with Gasteiger partial charge >= 0.3 is 0 Å². The van der Waals surface area contributed by atoms with Gasteiger partial charge in [-0.25, -0.2) is 0 Å². The molecule has 15 heavy (non-hydrogen) atoms. The Balaban J connectivity index is 1.75. The molecule has 0 aliphatic heterocycles. The van der Waals surface area contributed by atoms with E-state index in [-0.39, 0.29) is 5.60 Å². The average Bonchev–Trinajstić information content (AvgIpc) is 2.77. The summed E-state index contributed by atoms with van der Waals surface area (Å²) in [7, 11) is 0. The molecule has 0 unspecified atom stereocenters. The van der Waals surface area contributed by atoms with Crippen molar-refractivity contribution in [1.29, 1.82) is 0 Å². The average molecular weight is 322 g/mol. The lowest BCUT2D eigenvalue weighted by Gasteiger charge is -2.31. The fraction of sp³-hybridized carbons (Fsp3) is 1.00. The first-order valence-electron chi connectivity index (χ1n) is 6.55. The molecule has 2 saturated carbocycles. The largest absolute Gasteiger partial charge is 0.374 e. The van der Waals surface area contributed by atoms with E-state index in [2.05, 4.69) is 22.6 Å². The Morgan fingerprint density at radius 1 is 1.00 bits per heavy atom. The summed E-state index contributed by atoms with van der Waals surface area (Å²) in [6, 6.07) is 0. The Kier molecular flexibility index (Phi) is 4.74. The van der Waals surface area contributed by atoms with Crippen LogP contribution in [-0.2, 0) is 4.74 Å². The van der Waals surface area contributed by atoms with Gasteiger partial charge in [-0.1, -0.05) is 54.7 Å². The van der Waals surface area contributed by atoms with Crippen LogP contribution in [0.15, 0.2) is 0 Å². The topological polar surface area (TPSA) is 9.23 Å². The predicted octanol–water partition coefficient (Wildman–Crippen LogP) is 4.33. The second-order valence-electron chi connectivity index (χ2n) is 5.34. The predicted molar refractivity (Wildman–Crippen MR) is 72.6 cm³/mol. The molecular weight excluding hydrogens is 299 g/mol. The molecule has 0 aromatic carbocycles. The quantitative estimate of drug-likeness (QED) is 0.553. The summed E-state index contributed by atoms with van der Waals surface area (Å²) in [4.78, 5) is 0. The highest BCUT2D eigenvalue weighted by molar-refractivity contribution is 14.1. The molecule has 88 valence electrons. The van der Waals surface area contributed by atoms with Crippen molar-refractivity contribution >= 4 is 22.6 Å². The highest BCUT2D eigenvalue weighted by Gasteiger charge is 2.34. The molecule has 2 rings (SSSR count). The van der Waals surface area contributed by atoms with Crippen molar-refractivity contribution in [3.8, 4) is 0 Å². The number of hydrogen-bond donors (Lipinski definition) is 0. The fourth-order valence-electron chi connectivity index (χ4n) is 2.98. The fourth-order valence-corrected chi connectivity index (χ4v) is 3.97. The van der Waals surface area contributed by atoms with Crippen molar-refractivity contribution in [3.05, 3.63) is 0 Å². The molecule has 0 saturated heterocycles. The second-order valence-corrected chi connectivity index (χ2v) is 6.10. The van der Waals surface area contributed by atoms with Crippen LogP contribution in [0.1, 0.15) is 57.8 Å². The maximum Gasteiger partial charge on any atom is 0.0771 e. The smallest absolute Gasteiger partial charge is 0.0771 e. The molecule has 0 atom stereocenters. The molecule has 0 radical (unpaired) electrons. The lowest BCUT2D eigenvalue weighted by atomic mass is 9.90. The number of hydrogen-bond acceptors (Lipinski definition) is 1. The van der Waals surface area contributed by atoms with Gasteiger partial charge in [-0.05, 0) is 31.6 Å². The third kappa shape index (κ3) is 3.32. The zero-order valence-corrected chi connectivity index (χ0v) is 11.8. The van der Waals surface area contributed by atoms with Crippen LogP contribution in [0.3, 0.4) is 0 Å². The van der Waals surface area contributed by atoms with Gasteiger partial charge in [-0.15, -0.1) is 0 Å². The third-order valence-electron chi connectivity index (χ3n) is 4.11. The summed E-state index contributed by atoms with van der Waals surface area (Å²) in [5.41, 5.74) is 0.276. The summed E-state index contributed by atoms with van der Waals surface area (Å²) < 4.78 is 7.46. The molecule has 0 aromatic rings. The molecule has 0 bridgehead atoms. The lowest BCUT2D eigenvalue weighted by molar-refractivity contribution is -0.0426. The number of rotatable bonds is 4. The van der Waals surface area contributed by atoms with Gasteiger partial charge in [0.15, 0.2) is 0 Å². The standard InChI is InChI=1S/C13H23IO/c14-11-13(8-4-5-9-13)15-10-12-6-2-1-3-7-12/h12H,1-11H2. The molecular formula is C13H23IO. The van der Waals surface area contributed by atoms with Gasteiger partial charge in [-0.2, -0.15) is 0 Å². The van der Waals surface area contributed by atoms with E-state index in [0.29, 0.717) is 0 Å². The van der Waals surface area contributed by atoms with Crippen LogP contribution in [0, 0.1) is 5.92 Å². The molecule has 2 aliphatic rings. The number of halogens is 1. The van der Waals surface area contributed by atoms with E-state index in [9.17, 15) is 0 Å². The van der Waals surface area contributed by atoms with E-state index in [4.69, 9.17) is 4.74 Å². The second kappa shape index (κ2) is 5.85. The van der Waals surface area contributed by atoms with E-state index < -0.39 is 0 Å². The van der Waals surface area contributed by atoms with Gasteiger partial charge in [0, 0.05) is 4.43 Å². The Morgan fingerprint density at radius 2 is 1.67 bits per heavy atom. The highest BCUT2D eigenvalue weighted by atomic mass is 127. The molecule has 0 N–H and O–H groups in total. The van der Waals surface area contributed by atoms with Crippen molar-refractivity contribution < 1.29 is 4.74 Å². The summed E-state index contributed by atoms with van der Waals surface area (Å²) in [6.07, 6.45) is 12.5. The summed E-state index contributed by atoms with van der Waals surface area (Å²) in [5, 5.41) is 0. The molecule has 2 heteroatoms. The Labute approximate surface area is 107 Å². The van der Waals surface area contributed by atoms with E-state index >= 15 is 0 Å². The first-order valence-corrected chi connectivity index (χ1v) is 8.07. The minimum absolute atomic E-state index is 0.276. The number of alkyl halides is 1. The van der Waals surface area contributed by atoms with Crippen molar-refractivity contribution in [2.45, 2.75) is 63.4 Å². The molecule has 0 heterocycles. The molecule has 2 fully saturated rings. The van der Waals surface area contributed by atoms with Gasteiger partial charge in [-0.3, -0.25) is 0 Å². The van der Waals surface area contributed by atoms with Crippen LogP contribution in [0.5, 0.6) is 0 Å². The summed E-state index contributed by atoms with van der Waals surface area (Å²) in [6.45, 7) is 1.04. The first kappa shape index (κ1) is 12.2. The first-order chi connectivity index (χ1) is 7.35. The molecule has 2 aliphatic carbocycles. The van der Waals surface area contributed by atoms with Gasteiger partial charge in [0.1, 0.15) is 0 Å². The van der Waals surface area contributed by atoms with E-state index in [0.717, 1.165) is 12.5 Å². The normalized spacial score (nSPS) is 27.0. The monoisotopic (exact) mass is 322 g/mol. The Bertz CT molecular complexity index is 181. The van der Waals surface area contributed by atoms with E-state index in [1.165, 1.54) is 62.2 Å². The SMILES string of the molecule is ICC1(OCC2CCCCC2)CCCC1. The molecule has 0 amide bonds. The highest BCUT2D eigenvalue weighted by Crippen LogP contribution is 2.36. The zero-order chi connectivity index (χ0) is 10.6. The summed E-state index contributed by atoms with van der Waals surface area (Å²) in [5.74, 6) is 0.874. The van der Waals surface area contributed by atoms with Crippen molar-refractivity contribution in [3.63, 3.8) is 0 Å². The van der Waals surface area contributed by atoms with E-state index in [1.807, 2.05) is 0 Å². The third-order valence-corrected chi connectivity index (χ3v) is 5.50. The van der Waals surface area contributed by atoms with Crippen molar-refractivity contribution in [2.75, 3.05) is 11.0 Å². The van der Waals surface area contributed by atoms with Crippen LogP contribution in [0.2, 0.25) is 0 Å². The molecule has 0 spiro atoms.